The van der Waals surface area contributed by atoms with Gasteiger partial charge >= 0.3 is 0 Å². The molecule has 0 radical (unpaired) electrons. The second-order valence-corrected chi connectivity index (χ2v) is 8.51. The fraction of sp³-hybridized carbons (Fsp3) is 0.842. The summed E-state index contributed by atoms with van der Waals surface area (Å²) in [6, 6.07) is 1.03. The van der Waals surface area contributed by atoms with Gasteiger partial charge in [-0.25, -0.2) is 0 Å². The minimum absolute atomic E-state index is 0.515. The molecule has 2 aliphatic carbocycles. The number of thiocarbonyl (C=S) groups is 1. The van der Waals surface area contributed by atoms with E-state index in [0.717, 1.165) is 31.3 Å². The van der Waals surface area contributed by atoms with Crippen molar-refractivity contribution in [1.82, 2.24) is 21.3 Å². The van der Waals surface area contributed by atoms with Crippen molar-refractivity contribution in [2.24, 2.45) is 21.8 Å². The van der Waals surface area contributed by atoms with E-state index in [1.54, 1.807) is 0 Å². The monoisotopic (exact) mass is 376 g/mol. The summed E-state index contributed by atoms with van der Waals surface area (Å²) < 4.78 is 0. The van der Waals surface area contributed by atoms with Gasteiger partial charge in [0.1, 0.15) is 0 Å². The Balaban J connectivity index is 1.15. The van der Waals surface area contributed by atoms with E-state index in [1.165, 1.54) is 63.0 Å². The summed E-state index contributed by atoms with van der Waals surface area (Å²) in [4.78, 5) is 9.18. The normalized spacial score (nSPS) is 34.3. The molecule has 2 fully saturated rings. The van der Waals surface area contributed by atoms with Crippen LogP contribution in [0.15, 0.2) is 9.98 Å². The molecule has 7 heteroatoms. The quantitative estimate of drug-likeness (QED) is 0.561. The second-order valence-electron chi connectivity index (χ2n) is 8.10. The van der Waals surface area contributed by atoms with Gasteiger partial charge in [-0.2, -0.15) is 0 Å². The number of hydrogen-bond acceptors (Lipinski definition) is 5. The molecule has 0 saturated heterocycles. The first kappa shape index (κ1) is 18.0. The molecule has 2 aliphatic heterocycles. The zero-order valence-electron chi connectivity index (χ0n) is 15.6. The van der Waals surface area contributed by atoms with Crippen molar-refractivity contribution in [1.29, 1.82) is 0 Å². The molecular weight excluding hydrogens is 344 g/mol. The van der Waals surface area contributed by atoms with Crippen molar-refractivity contribution in [2.45, 2.75) is 63.5 Å². The Bertz CT molecular complexity index is 510. The van der Waals surface area contributed by atoms with Gasteiger partial charge in [-0.15, -0.1) is 0 Å². The lowest BCUT2D eigenvalue weighted by molar-refractivity contribution is 0.350. The minimum Gasteiger partial charge on any atom is -0.372 e. The molecule has 0 aromatic heterocycles. The number of nitrogens with one attached hydrogen (secondary N) is 4. The molecule has 4 rings (SSSR count). The highest BCUT2D eigenvalue weighted by molar-refractivity contribution is 7.80. The van der Waals surface area contributed by atoms with Crippen LogP contribution in [0.1, 0.15) is 51.4 Å². The molecule has 2 heterocycles. The molecule has 4 aliphatic rings. The van der Waals surface area contributed by atoms with E-state index in [1.807, 2.05) is 0 Å². The highest BCUT2D eigenvalue weighted by atomic mass is 32.1. The maximum Gasteiger partial charge on any atom is 0.166 e. The van der Waals surface area contributed by atoms with Crippen LogP contribution in [0.2, 0.25) is 0 Å². The topological polar surface area (TPSA) is 72.8 Å². The Labute approximate surface area is 162 Å². The lowest BCUT2D eigenvalue weighted by Gasteiger charge is -2.33. The molecule has 0 spiro atoms. The van der Waals surface area contributed by atoms with E-state index in [2.05, 4.69) is 31.3 Å². The van der Waals surface area contributed by atoms with Gasteiger partial charge in [-0.1, -0.05) is 0 Å². The van der Waals surface area contributed by atoms with E-state index in [-0.39, 0.29) is 0 Å². The van der Waals surface area contributed by atoms with Gasteiger partial charge < -0.3 is 21.3 Å². The Morgan fingerprint density at radius 2 is 1.15 bits per heavy atom. The molecule has 6 nitrogen and oxygen atoms in total. The Hall–Kier alpha value is -1.37. The average Bonchev–Trinajstić information content (AvgIpc) is 3.37. The predicted octanol–water partition coefficient (Wildman–Crippen LogP) is 1.57. The van der Waals surface area contributed by atoms with Crippen LogP contribution in [-0.4, -0.2) is 55.0 Å². The zero-order chi connectivity index (χ0) is 17.8. The van der Waals surface area contributed by atoms with Crippen LogP contribution < -0.4 is 21.3 Å². The average molecular weight is 377 g/mol. The van der Waals surface area contributed by atoms with E-state index in [9.17, 15) is 0 Å². The fourth-order valence-corrected chi connectivity index (χ4v) is 5.15. The third kappa shape index (κ3) is 4.48. The summed E-state index contributed by atoms with van der Waals surface area (Å²) in [5.74, 6) is 3.78. The number of aliphatic imine (C=N–C) groups is 2. The lowest BCUT2D eigenvalue weighted by atomic mass is 9.85. The van der Waals surface area contributed by atoms with Gasteiger partial charge in [0.25, 0.3) is 0 Å². The first-order chi connectivity index (χ1) is 12.8. The fourth-order valence-electron chi connectivity index (χ4n) is 4.81. The molecule has 0 aromatic carbocycles. The molecule has 0 atom stereocenters. The van der Waals surface area contributed by atoms with Crippen LogP contribution >= 0.6 is 12.2 Å². The van der Waals surface area contributed by atoms with Crippen LogP contribution in [0.25, 0.3) is 0 Å². The SMILES string of the molecule is S=C(NC1CCC(C2=NCCN2)CC1)NC1CCC(C2=NCCN2)CC1. The van der Waals surface area contributed by atoms with E-state index >= 15 is 0 Å². The summed E-state index contributed by atoms with van der Waals surface area (Å²) in [5, 5.41) is 14.9. The van der Waals surface area contributed by atoms with E-state index < -0.39 is 0 Å². The minimum atomic E-state index is 0.515. The van der Waals surface area contributed by atoms with Gasteiger partial charge in [-0.05, 0) is 63.6 Å². The maximum atomic E-state index is 5.59. The lowest BCUT2D eigenvalue weighted by Crippen LogP contribution is -2.48. The largest absolute Gasteiger partial charge is 0.372 e. The van der Waals surface area contributed by atoms with Crippen molar-refractivity contribution >= 4 is 29.0 Å². The highest BCUT2D eigenvalue weighted by Crippen LogP contribution is 2.27. The zero-order valence-corrected chi connectivity index (χ0v) is 16.4. The van der Waals surface area contributed by atoms with Gasteiger partial charge in [0.05, 0.1) is 24.8 Å². The van der Waals surface area contributed by atoms with E-state index in [4.69, 9.17) is 12.2 Å². The number of nitrogens with zero attached hydrogens (tertiary/aromatic N) is 2. The molecule has 2 saturated carbocycles. The molecule has 0 bridgehead atoms. The van der Waals surface area contributed by atoms with Crippen molar-refractivity contribution in [3.8, 4) is 0 Å². The van der Waals surface area contributed by atoms with Crippen LogP contribution in [0, 0.1) is 11.8 Å². The van der Waals surface area contributed by atoms with E-state index in [0.29, 0.717) is 23.9 Å². The third-order valence-electron chi connectivity index (χ3n) is 6.30. The summed E-state index contributed by atoms with van der Waals surface area (Å²) >= 11 is 5.59. The standard InChI is InChI=1S/C19H32N6S/c26-19(24-15-5-1-13(2-6-15)17-20-9-10-21-17)25-16-7-3-14(4-8-16)18-22-11-12-23-18/h13-16H,1-12H2,(H,20,21)(H,22,23)(H2,24,25,26). The molecule has 26 heavy (non-hydrogen) atoms. The second kappa shape index (κ2) is 8.55. The molecule has 144 valence electrons. The highest BCUT2D eigenvalue weighted by Gasteiger charge is 2.28. The summed E-state index contributed by atoms with van der Waals surface area (Å²) in [6.45, 7) is 3.95. The van der Waals surface area contributed by atoms with Crippen LogP contribution in [-0.2, 0) is 0 Å². The summed E-state index contributed by atoms with van der Waals surface area (Å²) in [7, 11) is 0. The summed E-state index contributed by atoms with van der Waals surface area (Å²) in [6.07, 6.45) is 9.60. The molecular formula is C19H32N6S. The van der Waals surface area contributed by atoms with Crippen molar-refractivity contribution in [3.05, 3.63) is 0 Å². The summed E-state index contributed by atoms with van der Waals surface area (Å²) in [5.41, 5.74) is 0. The van der Waals surface area contributed by atoms with Crippen molar-refractivity contribution in [3.63, 3.8) is 0 Å². The van der Waals surface area contributed by atoms with Crippen LogP contribution in [0.3, 0.4) is 0 Å². The number of hydrogen-bond donors (Lipinski definition) is 4. The predicted molar refractivity (Wildman–Crippen MR) is 111 cm³/mol. The first-order valence-electron chi connectivity index (χ1n) is 10.4. The maximum absolute atomic E-state index is 5.59. The first-order valence-corrected chi connectivity index (χ1v) is 10.8. The van der Waals surface area contributed by atoms with Crippen molar-refractivity contribution in [2.75, 3.05) is 26.2 Å². The molecule has 4 N–H and O–H groups in total. The number of rotatable bonds is 4. The Kier molecular flexibility index (Phi) is 5.92. The Morgan fingerprint density at radius 3 is 1.50 bits per heavy atom. The van der Waals surface area contributed by atoms with Gasteiger partial charge in [-0.3, -0.25) is 9.98 Å². The van der Waals surface area contributed by atoms with Crippen LogP contribution in [0.4, 0.5) is 0 Å². The van der Waals surface area contributed by atoms with Gasteiger partial charge in [0.2, 0.25) is 0 Å². The smallest absolute Gasteiger partial charge is 0.166 e. The molecule has 0 amide bonds. The van der Waals surface area contributed by atoms with Gasteiger partial charge in [0, 0.05) is 37.0 Å². The molecule has 0 unspecified atom stereocenters. The molecule has 0 aromatic rings. The van der Waals surface area contributed by atoms with Crippen molar-refractivity contribution < 1.29 is 0 Å². The van der Waals surface area contributed by atoms with Crippen LogP contribution in [0.5, 0.6) is 0 Å². The third-order valence-corrected chi connectivity index (χ3v) is 6.53. The van der Waals surface area contributed by atoms with Gasteiger partial charge in [0.15, 0.2) is 5.11 Å². The Morgan fingerprint density at radius 1 is 0.731 bits per heavy atom. The number of amidine groups is 2.